The van der Waals surface area contributed by atoms with Gasteiger partial charge in [0.1, 0.15) is 6.61 Å². The quantitative estimate of drug-likeness (QED) is 0.429. The van der Waals surface area contributed by atoms with E-state index in [0.717, 1.165) is 19.3 Å². The molecule has 1 fully saturated rings. The van der Waals surface area contributed by atoms with E-state index in [0.29, 0.717) is 12.8 Å². The molecule has 0 unspecified atom stereocenters. The highest BCUT2D eigenvalue weighted by atomic mass is 16.7. The Morgan fingerprint density at radius 2 is 1.83 bits per heavy atom. The third-order valence-electron chi connectivity index (χ3n) is 3.69. The minimum absolute atomic E-state index is 0.177. The molecule has 0 amide bonds. The predicted molar refractivity (Wildman–Crippen MR) is 86.9 cm³/mol. The lowest BCUT2D eigenvalue weighted by atomic mass is 10.1. The van der Waals surface area contributed by atoms with E-state index in [1.807, 2.05) is 14.1 Å². The molecule has 0 aromatic carbocycles. The first-order valence-corrected chi connectivity index (χ1v) is 8.66. The van der Waals surface area contributed by atoms with Crippen LogP contribution in [0.5, 0.6) is 0 Å². The SMILES string of the molecule is CCCCCCCC(=O)O[C@H]1CC[C@@H](COC(=O)CN(C)C)O1. The summed E-state index contributed by atoms with van der Waals surface area (Å²) in [6.45, 7) is 2.64. The Bertz CT molecular complexity index is 359. The number of ether oxygens (including phenoxy) is 3. The Kier molecular flexibility index (Phi) is 9.87. The second-order valence-corrected chi connectivity index (χ2v) is 6.34. The molecule has 0 aromatic rings. The molecular weight excluding hydrogens is 298 g/mol. The average molecular weight is 329 g/mol. The van der Waals surface area contributed by atoms with Gasteiger partial charge in [0.2, 0.25) is 6.29 Å². The molecule has 0 saturated carbocycles. The van der Waals surface area contributed by atoms with Crippen molar-refractivity contribution in [2.24, 2.45) is 0 Å². The van der Waals surface area contributed by atoms with Gasteiger partial charge in [0.25, 0.3) is 0 Å². The Balaban J connectivity index is 2.09. The van der Waals surface area contributed by atoms with Crippen molar-refractivity contribution < 1.29 is 23.8 Å². The van der Waals surface area contributed by atoms with Gasteiger partial charge in [-0.3, -0.25) is 14.5 Å². The largest absolute Gasteiger partial charge is 0.462 e. The van der Waals surface area contributed by atoms with Crippen molar-refractivity contribution in [2.45, 2.75) is 70.7 Å². The van der Waals surface area contributed by atoms with Crippen molar-refractivity contribution >= 4 is 11.9 Å². The van der Waals surface area contributed by atoms with Crippen LogP contribution in [0, 0.1) is 0 Å². The molecule has 2 atom stereocenters. The van der Waals surface area contributed by atoms with E-state index < -0.39 is 6.29 Å². The standard InChI is InChI=1S/C17H31NO5/c1-4-5-6-7-8-9-15(19)23-17-11-10-14(22-17)13-21-16(20)12-18(2)3/h14,17H,4-13H2,1-3H3/t14-,17-/m0/s1. The summed E-state index contributed by atoms with van der Waals surface area (Å²) in [6, 6.07) is 0. The molecular formula is C17H31NO5. The number of nitrogens with zero attached hydrogens (tertiary/aromatic N) is 1. The number of carbonyl (C=O) groups excluding carboxylic acids is 2. The normalized spacial score (nSPS) is 20.7. The molecule has 0 bridgehead atoms. The lowest BCUT2D eigenvalue weighted by Crippen LogP contribution is -2.27. The van der Waals surface area contributed by atoms with Gasteiger partial charge < -0.3 is 14.2 Å². The van der Waals surface area contributed by atoms with Crippen molar-refractivity contribution in [1.29, 1.82) is 0 Å². The van der Waals surface area contributed by atoms with Crippen molar-refractivity contribution in [2.75, 3.05) is 27.2 Å². The highest BCUT2D eigenvalue weighted by Gasteiger charge is 2.29. The number of likely N-dealkylation sites (N-methyl/N-ethyl adjacent to an activating group) is 1. The van der Waals surface area contributed by atoms with Crippen molar-refractivity contribution in [1.82, 2.24) is 4.90 Å². The fourth-order valence-electron chi connectivity index (χ4n) is 2.45. The molecule has 0 aliphatic carbocycles. The lowest BCUT2D eigenvalue weighted by Gasteiger charge is -2.15. The fourth-order valence-corrected chi connectivity index (χ4v) is 2.45. The molecule has 134 valence electrons. The van der Waals surface area contributed by atoms with Crippen LogP contribution in [0.1, 0.15) is 58.3 Å². The second-order valence-electron chi connectivity index (χ2n) is 6.34. The highest BCUT2D eigenvalue weighted by Crippen LogP contribution is 2.21. The molecule has 1 heterocycles. The summed E-state index contributed by atoms with van der Waals surface area (Å²) >= 11 is 0. The van der Waals surface area contributed by atoms with Crippen LogP contribution in [0.4, 0.5) is 0 Å². The van der Waals surface area contributed by atoms with Crippen molar-refractivity contribution in [3.63, 3.8) is 0 Å². The van der Waals surface area contributed by atoms with Crippen molar-refractivity contribution in [3.8, 4) is 0 Å². The second kappa shape index (κ2) is 11.4. The van der Waals surface area contributed by atoms with Gasteiger partial charge in [-0.25, -0.2) is 0 Å². The molecule has 23 heavy (non-hydrogen) atoms. The van der Waals surface area contributed by atoms with E-state index in [4.69, 9.17) is 14.2 Å². The van der Waals surface area contributed by atoms with Gasteiger partial charge in [0.05, 0.1) is 12.6 Å². The molecule has 0 spiro atoms. The van der Waals surface area contributed by atoms with Crippen LogP contribution in [0.25, 0.3) is 0 Å². The first-order chi connectivity index (χ1) is 11.0. The lowest BCUT2D eigenvalue weighted by molar-refractivity contribution is -0.180. The predicted octanol–water partition coefficient (Wildman–Crippen LogP) is 2.50. The molecule has 0 aromatic heterocycles. The zero-order chi connectivity index (χ0) is 17.1. The first-order valence-electron chi connectivity index (χ1n) is 8.66. The van der Waals surface area contributed by atoms with Gasteiger partial charge in [-0.1, -0.05) is 32.6 Å². The van der Waals surface area contributed by atoms with Gasteiger partial charge in [-0.2, -0.15) is 0 Å². The summed E-state index contributed by atoms with van der Waals surface area (Å²) in [5.74, 6) is -0.470. The van der Waals surface area contributed by atoms with Crippen LogP contribution in [0.15, 0.2) is 0 Å². The van der Waals surface area contributed by atoms with Crippen LogP contribution < -0.4 is 0 Å². The molecule has 1 aliphatic rings. The number of hydrogen-bond acceptors (Lipinski definition) is 6. The van der Waals surface area contributed by atoms with Crippen LogP contribution in [0.2, 0.25) is 0 Å². The van der Waals surface area contributed by atoms with Crippen LogP contribution in [0.3, 0.4) is 0 Å². The topological polar surface area (TPSA) is 65.1 Å². The minimum atomic E-state index is -0.490. The Morgan fingerprint density at radius 1 is 1.09 bits per heavy atom. The van der Waals surface area contributed by atoms with E-state index in [1.165, 1.54) is 19.3 Å². The van der Waals surface area contributed by atoms with Crippen LogP contribution >= 0.6 is 0 Å². The smallest absolute Gasteiger partial charge is 0.320 e. The zero-order valence-corrected chi connectivity index (χ0v) is 14.7. The number of hydrogen-bond donors (Lipinski definition) is 0. The Labute approximate surface area is 139 Å². The molecule has 6 heteroatoms. The number of esters is 2. The van der Waals surface area contributed by atoms with Gasteiger partial charge in [-0.05, 0) is 26.9 Å². The van der Waals surface area contributed by atoms with Crippen LogP contribution in [-0.4, -0.2) is 56.5 Å². The Morgan fingerprint density at radius 3 is 2.52 bits per heavy atom. The maximum Gasteiger partial charge on any atom is 0.320 e. The average Bonchev–Trinajstić information content (AvgIpc) is 2.91. The first kappa shape index (κ1) is 19.9. The van der Waals surface area contributed by atoms with E-state index in [9.17, 15) is 9.59 Å². The number of unbranched alkanes of at least 4 members (excludes halogenated alkanes) is 4. The molecule has 6 nitrogen and oxygen atoms in total. The number of rotatable bonds is 11. The number of carbonyl (C=O) groups is 2. The van der Waals surface area contributed by atoms with E-state index in [2.05, 4.69) is 6.92 Å². The molecule has 1 rings (SSSR count). The monoisotopic (exact) mass is 329 g/mol. The van der Waals surface area contributed by atoms with E-state index in [1.54, 1.807) is 4.90 Å². The summed E-state index contributed by atoms with van der Waals surface area (Å²) in [5, 5.41) is 0. The third kappa shape index (κ3) is 9.56. The third-order valence-corrected chi connectivity index (χ3v) is 3.69. The summed E-state index contributed by atoms with van der Waals surface area (Å²) in [5.41, 5.74) is 0. The summed E-state index contributed by atoms with van der Waals surface area (Å²) < 4.78 is 16.1. The molecule has 0 N–H and O–H groups in total. The summed E-state index contributed by atoms with van der Waals surface area (Å²) in [4.78, 5) is 24.9. The van der Waals surface area contributed by atoms with Gasteiger partial charge in [-0.15, -0.1) is 0 Å². The highest BCUT2D eigenvalue weighted by molar-refractivity contribution is 5.71. The molecule has 0 radical (unpaired) electrons. The zero-order valence-electron chi connectivity index (χ0n) is 14.7. The summed E-state index contributed by atoms with van der Waals surface area (Å²) in [7, 11) is 3.62. The minimum Gasteiger partial charge on any atom is -0.462 e. The van der Waals surface area contributed by atoms with Gasteiger partial charge in [0.15, 0.2) is 0 Å². The van der Waals surface area contributed by atoms with E-state index >= 15 is 0 Å². The van der Waals surface area contributed by atoms with Gasteiger partial charge >= 0.3 is 11.9 Å². The Hall–Kier alpha value is -1.14. The molecule has 1 aliphatic heterocycles. The van der Waals surface area contributed by atoms with E-state index in [-0.39, 0.29) is 31.2 Å². The molecule has 1 saturated heterocycles. The maximum absolute atomic E-state index is 11.7. The van der Waals surface area contributed by atoms with Crippen LogP contribution in [-0.2, 0) is 23.8 Å². The fraction of sp³-hybridized carbons (Fsp3) is 0.882. The summed E-state index contributed by atoms with van der Waals surface area (Å²) in [6.07, 6.45) is 6.71. The maximum atomic E-state index is 11.7. The van der Waals surface area contributed by atoms with Crippen molar-refractivity contribution in [3.05, 3.63) is 0 Å². The van der Waals surface area contributed by atoms with Gasteiger partial charge in [0, 0.05) is 12.8 Å².